The van der Waals surface area contributed by atoms with Gasteiger partial charge in [0.05, 0.1) is 22.6 Å². The largest absolute Gasteiger partial charge is 0.329 e. The molecule has 0 saturated heterocycles. The molecule has 1 heterocycles. The topological polar surface area (TPSA) is 55.2 Å². The predicted molar refractivity (Wildman–Crippen MR) is 150 cm³/mol. The first-order valence-electron chi connectivity index (χ1n) is 12.9. The summed E-state index contributed by atoms with van der Waals surface area (Å²) in [6.45, 7) is 6.57. The second kappa shape index (κ2) is 10.6. The summed E-state index contributed by atoms with van der Waals surface area (Å²) in [6, 6.07) is 26.2. The van der Waals surface area contributed by atoms with Crippen LogP contribution in [0, 0.1) is 11.7 Å². The second-order valence-corrected chi connectivity index (χ2v) is 10.0. The molecule has 4 aromatic carbocycles. The third kappa shape index (κ3) is 4.94. The van der Waals surface area contributed by atoms with E-state index in [1.54, 1.807) is 15.5 Å². The van der Waals surface area contributed by atoms with Gasteiger partial charge in [-0.2, -0.15) is 0 Å². The molecule has 0 bridgehead atoms. The van der Waals surface area contributed by atoms with Crippen molar-refractivity contribution in [3.63, 3.8) is 0 Å². The number of carbonyl (C=O) groups excluding carboxylic acids is 1. The summed E-state index contributed by atoms with van der Waals surface area (Å²) in [5.41, 5.74) is 1.47. The fraction of sp³-hybridized carbons (Fsp3) is 0.219. The minimum Gasteiger partial charge on any atom is -0.329 e. The van der Waals surface area contributed by atoms with Crippen LogP contribution in [-0.2, 0) is 0 Å². The Balaban J connectivity index is 1.69. The first kappa shape index (κ1) is 25.3. The highest BCUT2D eigenvalue weighted by Crippen LogP contribution is 2.27. The lowest BCUT2D eigenvalue weighted by atomic mass is 10.1. The maximum atomic E-state index is 13.9. The zero-order valence-corrected chi connectivity index (χ0v) is 21.8. The Morgan fingerprint density at radius 3 is 2.32 bits per heavy atom. The fourth-order valence-corrected chi connectivity index (χ4v) is 4.76. The summed E-state index contributed by atoms with van der Waals surface area (Å²) in [5, 5.41) is 2.58. The van der Waals surface area contributed by atoms with E-state index in [2.05, 4.69) is 13.8 Å². The summed E-state index contributed by atoms with van der Waals surface area (Å²) in [5.74, 6) is 0.205. The average molecular weight is 508 g/mol. The first-order chi connectivity index (χ1) is 18.3. The van der Waals surface area contributed by atoms with Crippen molar-refractivity contribution in [3.8, 4) is 5.69 Å². The van der Waals surface area contributed by atoms with Crippen LogP contribution in [0.1, 0.15) is 49.4 Å². The van der Waals surface area contributed by atoms with Gasteiger partial charge < -0.3 is 4.90 Å². The van der Waals surface area contributed by atoms with Crippen molar-refractivity contribution in [2.75, 3.05) is 6.54 Å². The molecule has 1 atom stereocenters. The van der Waals surface area contributed by atoms with Crippen molar-refractivity contribution < 1.29 is 9.18 Å². The van der Waals surface area contributed by atoms with Gasteiger partial charge in [-0.05, 0) is 78.6 Å². The molecule has 0 saturated carbocycles. The average Bonchev–Trinajstić information content (AvgIpc) is 2.93. The Hall–Kier alpha value is -4.32. The van der Waals surface area contributed by atoms with Crippen LogP contribution in [-0.4, -0.2) is 26.9 Å². The van der Waals surface area contributed by atoms with E-state index in [0.29, 0.717) is 40.4 Å². The SMILES string of the molecule is CC(C)CCN(C(=O)c1ccc(F)cc1)C(C)c1nc2ccccc2c(=O)n1-c1ccc2ccccc2c1. The number of carbonyl (C=O) groups is 1. The third-order valence-electron chi connectivity index (χ3n) is 6.93. The van der Waals surface area contributed by atoms with Crippen LogP contribution in [0.25, 0.3) is 27.4 Å². The molecular weight excluding hydrogens is 477 g/mol. The number of hydrogen-bond donors (Lipinski definition) is 0. The van der Waals surface area contributed by atoms with Crippen molar-refractivity contribution in [2.45, 2.75) is 33.2 Å². The minimum atomic E-state index is -0.532. The van der Waals surface area contributed by atoms with Gasteiger partial charge in [0.2, 0.25) is 0 Å². The molecule has 0 N–H and O–H groups in total. The van der Waals surface area contributed by atoms with Crippen LogP contribution in [0.5, 0.6) is 0 Å². The van der Waals surface area contributed by atoms with Gasteiger partial charge in [-0.25, -0.2) is 9.37 Å². The number of rotatable bonds is 7. The molecule has 1 aromatic heterocycles. The molecule has 0 aliphatic rings. The lowest BCUT2D eigenvalue weighted by Gasteiger charge is -2.31. The number of nitrogens with zero attached hydrogens (tertiary/aromatic N) is 3. The number of hydrogen-bond acceptors (Lipinski definition) is 3. The normalized spacial score (nSPS) is 12.2. The molecule has 0 radical (unpaired) electrons. The van der Waals surface area contributed by atoms with Gasteiger partial charge in [-0.15, -0.1) is 0 Å². The van der Waals surface area contributed by atoms with Gasteiger partial charge in [-0.3, -0.25) is 14.2 Å². The van der Waals surface area contributed by atoms with Crippen molar-refractivity contribution in [2.24, 2.45) is 5.92 Å². The Bertz CT molecular complexity index is 1670. The Kier molecular flexibility index (Phi) is 7.05. The quantitative estimate of drug-likeness (QED) is 0.240. The molecule has 1 amide bonds. The summed E-state index contributed by atoms with van der Waals surface area (Å²) in [4.78, 5) is 34.4. The van der Waals surface area contributed by atoms with E-state index in [1.165, 1.54) is 24.3 Å². The Morgan fingerprint density at radius 1 is 0.895 bits per heavy atom. The van der Waals surface area contributed by atoms with Crippen LogP contribution in [0.3, 0.4) is 0 Å². The van der Waals surface area contributed by atoms with E-state index in [1.807, 2.05) is 67.6 Å². The number of amides is 1. The Labute approximate surface area is 221 Å². The van der Waals surface area contributed by atoms with Crippen molar-refractivity contribution >= 4 is 27.6 Å². The molecule has 5 nitrogen and oxygen atoms in total. The monoisotopic (exact) mass is 507 g/mol. The van der Waals surface area contributed by atoms with E-state index in [-0.39, 0.29) is 11.5 Å². The molecule has 0 spiro atoms. The van der Waals surface area contributed by atoms with E-state index >= 15 is 0 Å². The lowest BCUT2D eigenvalue weighted by Crippen LogP contribution is -2.38. The molecule has 6 heteroatoms. The van der Waals surface area contributed by atoms with Gasteiger partial charge >= 0.3 is 0 Å². The van der Waals surface area contributed by atoms with Gasteiger partial charge in [0.15, 0.2) is 0 Å². The summed E-state index contributed by atoms with van der Waals surface area (Å²) in [6.07, 6.45) is 0.769. The van der Waals surface area contributed by atoms with Gasteiger partial charge in [0.1, 0.15) is 11.6 Å². The van der Waals surface area contributed by atoms with E-state index in [0.717, 1.165) is 17.2 Å². The zero-order chi connectivity index (χ0) is 26.8. The lowest BCUT2D eigenvalue weighted by molar-refractivity contribution is 0.0671. The molecular formula is C32H30FN3O2. The standard InChI is InChI=1S/C32H30FN3O2/c1-21(2)18-19-35(31(37)24-12-15-26(33)16-13-24)22(3)30-34-29-11-7-6-10-28(29)32(38)36(30)27-17-14-23-8-4-5-9-25(23)20-27/h4-17,20-22H,18-19H2,1-3H3. The molecule has 0 aliphatic carbocycles. The number of aromatic nitrogens is 2. The number of fused-ring (bicyclic) bond motifs is 2. The summed E-state index contributed by atoms with van der Waals surface area (Å²) >= 11 is 0. The zero-order valence-electron chi connectivity index (χ0n) is 21.8. The summed E-state index contributed by atoms with van der Waals surface area (Å²) in [7, 11) is 0. The highest BCUT2D eigenvalue weighted by atomic mass is 19.1. The molecule has 0 fully saturated rings. The molecule has 1 unspecified atom stereocenters. The maximum Gasteiger partial charge on any atom is 0.266 e. The van der Waals surface area contributed by atoms with Crippen LogP contribution in [0.4, 0.5) is 4.39 Å². The van der Waals surface area contributed by atoms with E-state index < -0.39 is 11.9 Å². The fourth-order valence-electron chi connectivity index (χ4n) is 4.76. The maximum absolute atomic E-state index is 13.9. The Morgan fingerprint density at radius 2 is 1.58 bits per heavy atom. The van der Waals surface area contributed by atoms with Crippen LogP contribution in [0.15, 0.2) is 95.8 Å². The highest BCUT2D eigenvalue weighted by molar-refractivity contribution is 5.94. The van der Waals surface area contributed by atoms with Crippen LogP contribution >= 0.6 is 0 Å². The highest BCUT2D eigenvalue weighted by Gasteiger charge is 2.28. The van der Waals surface area contributed by atoms with Gasteiger partial charge in [0, 0.05) is 12.1 Å². The van der Waals surface area contributed by atoms with Crippen molar-refractivity contribution in [1.29, 1.82) is 0 Å². The molecule has 0 aliphatic heterocycles. The number of halogens is 1. The molecule has 38 heavy (non-hydrogen) atoms. The first-order valence-corrected chi connectivity index (χ1v) is 12.9. The molecule has 192 valence electrons. The number of benzene rings is 4. The minimum absolute atomic E-state index is 0.189. The van der Waals surface area contributed by atoms with Gasteiger partial charge in [-0.1, -0.05) is 56.3 Å². The smallest absolute Gasteiger partial charge is 0.266 e. The second-order valence-electron chi connectivity index (χ2n) is 10.0. The van der Waals surface area contributed by atoms with Crippen LogP contribution < -0.4 is 5.56 Å². The molecule has 5 aromatic rings. The molecule has 5 rings (SSSR count). The van der Waals surface area contributed by atoms with E-state index in [4.69, 9.17) is 4.98 Å². The summed E-state index contributed by atoms with van der Waals surface area (Å²) < 4.78 is 15.2. The predicted octanol–water partition coefficient (Wildman–Crippen LogP) is 6.93. The van der Waals surface area contributed by atoms with Crippen molar-refractivity contribution in [3.05, 3.63) is 119 Å². The van der Waals surface area contributed by atoms with Crippen molar-refractivity contribution in [1.82, 2.24) is 14.5 Å². The van der Waals surface area contributed by atoms with Gasteiger partial charge in [0.25, 0.3) is 11.5 Å². The van der Waals surface area contributed by atoms with Crippen LogP contribution in [0.2, 0.25) is 0 Å². The number of para-hydroxylation sites is 1. The van der Waals surface area contributed by atoms with E-state index in [9.17, 15) is 14.0 Å². The third-order valence-corrected chi connectivity index (χ3v) is 6.93.